The van der Waals surface area contributed by atoms with Gasteiger partial charge in [0.05, 0.1) is 12.2 Å². The minimum absolute atomic E-state index is 0.0381. The summed E-state index contributed by atoms with van der Waals surface area (Å²) >= 11 is 0. The maximum atomic E-state index is 14.4. The maximum absolute atomic E-state index is 14.4. The summed E-state index contributed by atoms with van der Waals surface area (Å²) in [7, 11) is 0. The van der Waals surface area contributed by atoms with Gasteiger partial charge in [0.25, 0.3) is 0 Å². The number of rotatable bonds is 6. The molecule has 0 N–H and O–H groups in total. The number of ether oxygens (including phenoxy) is 1. The van der Waals surface area contributed by atoms with Gasteiger partial charge in [-0.05, 0) is 30.2 Å². The van der Waals surface area contributed by atoms with Gasteiger partial charge in [-0.1, -0.05) is 57.6 Å². The van der Waals surface area contributed by atoms with Crippen molar-refractivity contribution in [2.24, 2.45) is 11.8 Å². The Morgan fingerprint density at radius 3 is 2.16 bits per heavy atom. The molecule has 0 amide bonds. The molecule has 2 fully saturated rings. The molecule has 0 radical (unpaired) electrons. The second-order valence-corrected chi connectivity index (χ2v) is 7.54. The highest BCUT2D eigenvalue weighted by Gasteiger charge is 2.40. The molecule has 1 aliphatic heterocycles. The molecule has 1 aromatic carbocycles. The SMILES string of the molecule is CCCC1CCC(CCc2ccc(C3CO3)c(F)c2C(F)(F)F)CC1. The van der Waals surface area contributed by atoms with Gasteiger partial charge in [0.1, 0.15) is 11.9 Å². The molecule has 1 atom stereocenters. The molecule has 1 aliphatic carbocycles. The monoisotopic (exact) mass is 358 g/mol. The highest BCUT2D eigenvalue weighted by molar-refractivity contribution is 5.38. The van der Waals surface area contributed by atoms with Crippen LogP contribution >= 0.6 is 0 Å². The first kappa shape index (κ1) is 18.7. The molecule has 1 saturated carbocycles. The summed E-state index contributed by atoms with van der Waals surface area (Å²) in [6.07, 6.45) is 2.80. The quantitative estimate of drug-likeness (QED) is 0.420. The third-order valence-corrected chi connectivity index (χ3v) is 5.71. The summed E-state index contributed by atoms with van der Waals surface area (Å²) in [6, 6.07) is 2.92. The second kappa shape index (κ2) is 7.65. The Kier molecular flexibility index (Phi) is 5.71. The van der Waals surface area contributed by atoms with E-state index in [1.54, 1.807) is 0 Å². The minimum Gasteiger partial charge on any atom is -0.368 e. The van der Waals surface area contributed by atoms with Crippen molar-refractivity contribution in [1.82, 2.24) is 0 Å². The van der Waals surface area contributed by atoms with E-state index in [-0.39, 0.29) is 11.1 Å². The molecule has 3 rings (SSSR count). The van der Waals surface area contributed by atoms with Gasteiger partial charge in [0.15, 0.2) is 0 Å². The number of benzene rings is 1. The Morgan fingerprint density at radius 1 is 1.04 bits per heavy atom. The van der Waals surface area contributed by atoms with Crippen LogP contribution in [-0.4, -0.2) is 6.61 Å². The lowest BCUT2D eigenvalue weighted by Gasteiger charge is -2.28. The fourth-order valence-electron chi connectivity index (χ4n) is 4.20. The van der Waals surface area contributed by atoms with Crippen molar-refractivity contribution >= 4 is 0 Å². The average molecular weight is 358 g/mol. The fourth-order valence-corrected chi connectivity index (χ4v) is 4.20. The van der Waals surface area contributed by atoms with Crippen LogP contribution in [0.15, 0.2) is 12.1 Å². The van der Waals surface area contributed by atoms with Crippen LogP contribution < -0.4 is 0 Å². The summed E-state index contributed by atoms with van der Waals surface area (Å²) < 4.78 is 59.6. The van der Waals surface area contributed by atoms with Gasteiger partial charge < -0.3 is 4.74 Å². The van der Waals surface area contributed by atoms with Gasteiger partial charge in [-0.25, -0.2) is 4.39 Å². The van der Waals surface area contributed by atoms with Crippen molar-refractivity contribution in [2.45, 2.75) is 70.6 Å². The van der Waals surface area contributed by atoms with Gasteiger partial charge >= 0.3 is 6.18 Å². The zero-order valence-electron chi connectivity index (χ0n) is 14.7. The molecular weight excluding hydrogens is 332 g/mol. The van der Waals surface area contributed by atoms with E-state index in [9.17, 15) is 17.6 Å². The van der Waals surface area contributed by atoms with Crippen LogP contribution in [-0.2, 0) is 17.3 Å². The Bertz CT molecular complexity index is 584. The van der Waals surface area contributed by atoms with E-state index in [0.29, 0.717) is 25.4 Å². The number of hydrogen-bond donors (Lipinski definition) is 0. The predicted octanol–water partition coefficient (Wildman–Crippen LogP) is 6.45. The van der Waals surface area contributed by atoms with Crippen LogP contribution in [0.4, 0.5) is 17.6 Å². The standard InChI is InChI=1S/C20H26F4O/c1-2-3-13-4-6-14(7-5-13)8-9-15-10-11-16(17-12-25-17)19(21)18(15)20(22,23)24/h10-11,13-14,17H,2-9,12H2,1H3. The zero-order valence-corrected chi connectivity index (χ0v) is 14.7. The Labute approximate surface area is 146 Å². The molecule has 1 unspecified atom stereocenters. The first-order valence-corrected chi connectivity index (χ1v) is 9.40. The van der Waals surface area contributed by atoms with Crippen LogP contribution in [0.2, 0.25) is 0 Å². The maximum Gasteiger partial charge on any atom is 0.419 e. The molecule has 1 aromatic rings. The van der Waals surface area contributed by atoms with Crippen LogP contribution in [0.25, 0.3) is 0 Å². The first-order chi connectivity index (χ1) is 11.9. The van der Waals surface area contributed by atoms with Crippen molar-refractivity contribution in [1.29, 1.82) is 0 Å². The highest BCUT2D eigenvalue weighted by atomic mass is 19.4. The number of hydrogen-bond acceptors (Lipinski definition) is 1. The van der Waals surface area contributed by atoms with Crippen molar-refractivity contribution < 1.29 is 22.3 Å². The van der Waals surface area contributed by atoms with Crippen molar-refractivity contribution in [3.8, 4) is 0 Å². The van der Waals surface area contributed by atoms with Crippen LogP contribution in [0, 0.1) is 17.7 Å². The van der Waals surface area contributed by atoms with Crippen LogP contribution in [0.5, 0.6) is 0 Å². The van der Waals surface area contributed by atoms with Gasteiger partial charge in [-0.15, -0.1) is 0 Å². The summed E-state index contributed by atoms with van der Waals surface area (Å²) in [5, 5.41) is 0. The largest absolute Gasteiger partial charge is 0.419 e. The smallest absolute Gasteiger partial charge is 0.368 e. The highest BCUT2D eigenvalue weighted by Crippen LogP contribution is 2.41. The van der Waals surface area contributed by atoms with Gasteiger partial charge in [0, 0.05) is 5.56 Å². The molecule has 0 bridgehead atoms. The lowest BCUT2D eigenvalue weighted by molar-refractivity contribution is -0.140. The molecule has 1 saturated heterocycles. The normalized spacial score (nSPS) is 26.7. The van der Waals surface area contributed by atoms with E-state index in [4.69, 9.17) is 4.74 Å². The number of alkyl halides is 3. The zero-order chi connectivity index (χ0) is 18.0. The topological polar surface area (TPSA) is 12.5 Å². The van der Waals surface area contributed by atoms with Gasteiger partial charge in [-0.3, -0.25) is 0 Å². The van der Waals surface area contributed by atoms with Crippen LogP contribution in [0.1, 0.15) is 74.7 Å². The van der Waals surface area contributed by atoms with Crippen LogP contribution in [0.3, 0.4) is 0 Å². The van der Waals surface area contributed by atoms with Gasteiger partial charge in [-0.2, -0.15) is 13.2 Å². The molecule has 140 valence electrons. The van der Waals surface area contributed by atoms with E-state index < -0.39 is 23.7 Å². The number of halogens is 4. The average Bonchev–Trinajstić information content (AvgIpc) is 3.38. The molecule has 5 heteroatoms. The first-order valence-electron chi connectivity index (χ1n) is 9.40. The Morgan fingerprint density at radius 2 is 1.64 bits per heavy atom. The van der Waals surface area contributed by atoms with Gasteiger partial charge in [0.2, 0.25) is 0 Å². The Balaban J connectivity index is 1.67. The summed E-state index contributed by atoms with van der Waals surface area (Å²) in [4.78, 5) is 0. The van der Waals surface area contributed by atoms with E-state index in [2.05, 4.69) is 6.92 Å². The third-order valence-electron chi connectivity index (χ3n) is 5.71. The number of aryl methyl sites for hydroxylation is 1. The van der Waals surface area contributed by atoms with E-state index in [1.807, 2.05) is 0 Å². The van der Waals surface area contributed by atoms with Crippen molar-refractivity contribution in [3.05, 3.63) is 34.6 Å². The lowest BCUT2D eigenvalue weighted by Crippen LogP contribution is -2.17. The fraction of sp³-hybridized carbons (Fsp3) is 0.700. The van der Waals surface area contributed by atoms with E-state index in [1.165, 1.54) is 37.8 Å². The second-order valence-electron chi connectivity index (χ2n) is 7.54. The van der Waals surface area contributed by atoms with Crippen molar-refractivity contribution in [2.75, 3.05) is 6.61 Å². The summed E-state index contributed by atoms with van der Waals surface area (Å²) in [5.74, 6) is 0.102. The predicted molar refractivity (Wildman–Crippen MR) is 88.8 cm³/mol. The Hall–Kier alpha value is -1.10. The molecular formula is C20H26F4O. The minimum atomic E-state index is -4.66. The molecule has 2 aliphatic rings. The molecule has 1 heterocycles. The molecule has 0 spiro atoms. The summed E-state index contributed by atoms with van der Waals surface area (Å²) in [6.45, 7) is 2.49. The molecule has 25 heavy (non-hydrogen) atoms. The lowest BCUT2D eigenvalue weighted by atomic mass is 9.78. The summed E-state index contributed by atoms with van der Waals surface area (Å²) in [5.41, 5.74) is -0.957. The number of epoxide rings is 1. The third kappa shape index (κ3) is 4.55. The van der Waals surface area contributed by atoms with E-state index >= 15 is 0 Å². The van der Waals surface area contributed by atoms with E-state index in [0.717, 1.165) is 18.8 Å². The molecule has 1 nitrogen and oxygen atoms in total. The molecule has 0 aromatic heterocycles. The van der Waals surface area contributed by atoms with Crippen molar-refractivity contribution in [3.63, 3.8) is 0 Å².